The van der Waals surface area contributed by atoms with Gasteiger partial charge in [0.05, 0.1) is 17.4 Å². The molecule has 0 atom stereocenters. The summed E-state index contributed by atoms with van der Waals surface area (Å²) in [6, 6.07) is 6.08. The third kappa shape index (κ3) is 1.80. The minimum Gasteiger partial charge on any atom is -0.345 e. The molecule has 1 N–H and O–H groups in total. The average Bonchev–Trinajstić information content (AvgIpc) is 2.67. The van der Waals surface area contributed by atoms with E-state index < -0.39 is 0 Å². The van der Waals surface area contributed by atoms with Crippen molar-refractivity contribution in [2.45, 2.75) is 6.42 Å². The second-order valence-corrected chi connectivity index (χ2v) is 3.40. The van der Waals surface area contributed by atoms with E-state index in [1.165, 1.54) is 0 Å². The van der Waals surface area contributed by atoms with Crippen LogP contribution in [0.4, 0.5) is 0 Å². The van der Waals surface area contributed by atoms with Gasteiger partial charge in [-0.3, -0.25) is 0 Å². The predicted molar refractivity (Wildman–Crippen MR) is 60.5 cm³/mol. The topological polar surface area (TPSA) is 28.7 Å². The van der Waals surface area contributed by atoms with Gasteiger partial charge < -0.3 is 4.98 Å². The van der Waals surface area contributed by atoms with Gasteiger partial charge in [-0.05, 0) is 12.5 Å². The van der Waals surface area contributed by atoms with Crippen molar-refractivity contribution in [3.8, 4) is 0 Å². The van der Waals surface area contributed by atoms with Crippen LogP contribution in [0.2, 0.25) is 0 Å². The van der Waals surface area contributed by atoms with Crippen molar-refractivity contribution >= 4 is 28.7 Å². The maximum absolute atomic E-state index is 5.59. The van der Waals surface area contributed by atoms with Crippen LogP contribution in [-0.2, 0) is 0 Å². The molecule has 0 bridgehead atoms. The zero-order valence-electron chi connectivity index (χ0n) is 7.70. The molecule has 0 aliphatic carbocycles. The number of imidazole rings is 1. The fourth-order valence-corrected chi connectivity index (χ4v) is 1.52. The molecule has 0 spiro atoms. The van der Waals surface area contributed by atoms with Gasteiger partial charge in [-0.15, -0.1) is 11.6 Å². The van der Waals surface area contributed by atoms with E-state index in [1.807, 2.05) is 18.2 Å². The summed E-state index contributed by atoms with van der Waals surface area (Å²) in [5.41, 5.74) is 3.21. The molecule has 3 heteroatoms. The van der Waals surface area contributed by atoms with Crippen LogP contribution in [0.15, 0.2) is 30.6 Å². The Balaban J connectivity index is 2.36. The van der Waals surface area contributed by atoms with E-state index in [1.54, 1.807) is 6.33 Å². The molecule has 0 saturated carbocycles. The second kappa shape index (κ2) is 4.29. The lowest BCUT2D eigenvalue weighted by molar-refractivity contribution is 1.24. The first-order valence-corrected chi connectivity index (χ1v) is 5.10. The van der Waals surface area contributed by atoms with E-state index in [9.17, 15) is 0 Å². The molecule has 0 radical (unpaired) electrons. The van der Waals surface area contributed by atoms with Crippen LogP contribution in [-0.4, -0.2) is 15.8 Å². The van der Waals surface area contributed by atoms with E-state index in [0.29, 0.717) is 5.88 Å². The van der Waals surface area contributed by atoms with E-state index in [-0.39, 0.29) is 0 Å². The summed E-state index contributed by atoms with van der Waals surface area (Å²) in [6.45, 7) is 0. The molecule has 72 valence electrons. The molecule has 0 unspecified atom stereocenters. The summed E-state index contributed by atoms with van der Waals surface area (Å²) in [5.74, 6) is 0.660. The zero-order valence-corrected chi connectivity index (χ0v) is 8.46. The van der Waals surface area contributed by atoms with Crippen molar-refractivity contribution in [1.82, 2.24) is 9.97 Å². The largest absolute Gasteiger partial charge is 0.345 e. The summed E-state index contributed by atoms with van der Waals surface area (Å²) in [4.78, 5) is 7.34. The third-order valence-electron chi connectivity index (χ3n) is 2.05. The summed E-state index contributed by atoms with van der Waals surface area (Å²) in [5, 5.41) is 0. The summed E-state index contributed by atoms with van der Waals surface area (Å²) >= 11 is 5.59. The number of alkyl halides is 1. The molecule has 2 nitrogen and oxygen atoms in total. The highest BCUT2D eigenvalue weighted by Gasteiger charge is 1.98. The molecule has 1 heterocycles. The predicted octanol–water partition coefficient (Wildman–Crippen LogP) is 3.21. The monoisotopic (exact) mass is 206 g/mol. The molecule has 1 aromatic carbocycles. The lowest BCUT2D eigenvalue weighted by atomic mass is 10.1. The number of halogens is 1. The quantitative estimate of drug-likeness (QED) is 0.768. The molecule has 0 amide bonds. The number of hydrogen-bond donors (Lipinski definition) is 1. The van der Waals surface area contributed by atoms with Gasteiger partial charge in [0.2, 0.25) is 0 Å². The van der Waals surface area contributed by atoms with Crippen molar-refractivity contribution in [1.29, 1.82) is 0 Å². The number of nitrogens with one attached hydrogen (secondary N) is 1. The van der Waals surface area contributed by atoms with Crippen LogP contribution in [0.25, 0.3) is 17.1 Å². The molecule has 0 fully saturated rings. The number of H-pyrrole nitrogens is 1. The number of nitrogens with zero attached hydrogens (tertiary/aromatic N) is 1. The molecular formula is C11H11ClN2. The SMILES string of the molecule is ClCCC=Cc1cccc2[nH]cnc12. The van der Waals surface area contributed by atoms with Crippen molar-refractivity contribution in [3.63, 3.8) is 0 Å². The van der Waals surface area contributed by atoms with Crippen LogP contribution in [0.1, 0.15) is 12.0 Å². The van der Waals surface area contributed by atoms with Crippen molar-refractivity contribution in [2.75, 3.05) is 5.88 Å². The van der Waals surface area contributed by atoms with Crippen LogP contribution in [0, 0.1) is 0 Å². The van der Waals surface area contributed by atoms with Crippen LogP contribution in [0.3, 0.4) is 0 Å². The Labute approximate surface area is 87.6 Å². The lowest BCUT2D eigenvalue weighted by Gasteiger charge is -1.94. The molecule has 0 aliphatic heterocycles. The van der Waals surface area contributed by atoms with Crippen molar-refractivity contribution in [3.05, 3.63) is 36.2 Å². The Morgan fingerprint density at radius 2 is 2.36 bits per heavy atom. The van der Waals surface area contributed by atoms with E-state index in [0.717, 1.165) is 23.0 Å². The highest BCUT2D eigenvalue weighted by Crippen LogP contribution is 2.15. The van der Waals surface area contributed by atoms with Gasteiger partial charge in [0, 0.05) is 11.4 Å². The van der Waals surface area contributed by atoms with E-state index >= 15 is 0 Å². The first kappa shape index (κ1) is 9.28. The number of aromatic amines is 1. The molecule has 2 aromatic rings. The number of allylic oxidation sites excluding steroid dienone is 1. The summed E-state index contributed by atoms with van der Waals surface area (Å²) < 4.78 is 0. The first-order valence-electron chi connectivity index (χ1n) is 4.56. The standard InChI is InChI=1S/C11H11ClN2/c12-7-2-1-4-9-5-3-6-10-11(9)14-8-13-10/h1,3-6,8H,2,7H2,(H,13,14). The van der Waals surface area contributed by atoms with Gasteiger partial charge in [-0.1, -0.05) is 24.3 Å². The van der Waals surface area contributed by atoms with Gasteiger partial charge >= 0.3 is 0 Å². The smallest absolute Gasteiger partial charge is 0.0954 e. The normalized spacial score (nSPS) is 11.5. The van der Waals surface area contributed by atoms with Gasteiger partial charge in [0.1, 0.15) is 0 Å². The van der Waals surface area contributed by atoms with Gasteiger partial charge in [-0.25, -0.2) is 4.98 Å². The van der Waals surface area contributed by atoms with Crippen LogP contribution >= 0.6 is 11.6 Å². The number of aromatic nitrogens is 2. The maximum atomic E-state index is 5.59. The maximum Gasteiger partial charge on any atom is 0.0954 e. The fourth-order valence-electron chi connectivity index (χ4n) is 1.40. The molecule has 0 aliphatic rings. The second-order valence-electron chi connectivity index (χ2n) is 3.03. The number of hydrogen-bond acceptors (Lipinski definition) is 1. The Kier molecular flexibility index (Phi) is 2.84. The molecular weight excluding hydrogens is 196 g/mol. The van der Waals surface area contributed by atoms with E-state index in [2.05, 4.69) is 22.1 Å². The Bertz CT molecular complexity index is 445. The zero-order chi connectivity index (χ0) is 9.80. The van der Waals surface area contributed by atoms with Crippen LogP contribution < -0.4 is 0 Å². The molecule has 14 heavy (non-hydrogen) atoms. The molecule has 1 aromatic heterocycles. The highest BCUT2D eigenvalue weighted by molar-refractivity contribution is 6.17. The van der Waals surface area contributed by atoms with Gasteiger partial charge in [0.25, 0.3) is 0 Å². The first-order chi connectivity index (χ1) is 6.92. The average molecular weight is 207 g/mol. The minimum absolute atomic E-state index is 0.660. The minimum atomic E-state index is 0.660. The Morgan fingerprint density at radius 3 is 3.21 bits per heavy atom. The number of benzene rings is 1. The molecule has 2 rings (SSSR count). The number of para-hydroxylation sites is 1. The fraction of sp³-hybridized carbons (Fsp3) is 0.182. The van der Waals surface area contributed by atoms with Crippen molar-refractivity contribution < 1.29 is 0 Å². The summed E-state index contributed by atoms with van der Waals surface area (Å²) in [6.07, 6.45) is 6.73. The van der Waals surface area contributed by atoms with E-state index in [4.69, 9.17) is 11.6 Å². The Morgan fingerprint density at radius 1 is 1.43 bits per heavy atom. The van der Waals surface area contributed by atoms with Crippen molar-refractivity contribution in [2.24, 2.45) is 0 Å². The summed E-state index contributed by atoms with van der Waals surface area (Å²) in [7, 11) is 0. The van der Waals surface area contributed by atoms with Gasteiger partial charge in [-0.2, -0.15) is 0 Å². The number of rotatable bonds is 3. The molecule has 0 saturated heterocycles. The third-order valence-corrected chi connectivity index (χ3v) is 2.27. The Hall–Kier alpha value is -1.28. The number of fused-ring (bicyclic) bond motifs is 1. The lowest BCUT2D eigenvalue weighted by Crippen LogP contribution is -1.76. The van der Waals surface area contributed by atoms with Crippen LogP contribution in [0.5, 0.6) is 0 Å². The highest BCUT2D eigenvalue weighted by atomic mass is 35.5. The van der Waals surface area contributed by atoms with Gasteiger partial charge in [0.15, 0.2) is 0 Å².